The third-order valence-corrected chi connectivity index (χ3v) is 3.21. The number of aliphatic hydroxyl groups is 2. The molecule has 0 aliphatic carbocycles. The molecule has 0 aromatic carbocycles. The van der Waals surface area contributed by atoms with Crippen molar-refractivity contribution in [1.29, 1.82) is 0 Å². The molecule has 13 heavy (non-hydrogen) atoms. The molecule has 1 aliphatic heterocycles. The van der Waals surface area contributed by atoms with Crippen molar-refractivity contribution in [2.75, 3.05) is 26.4 Å². The van der Waals surface area contributed by atoms with Gasteiger partial charge in [-0.25, -0.2) is 0 Å². The summed E-state index contributed by atoms with van der Waals surface area (Å²) in [6.07, 6.45) is 0. The van der Waals surface area contributed by atoms with Gasteiger partial charge in [0.15, 0.2) is 0 Å². The molecule has 2 unspecified atom stereocenters. The van der Waals surface area contributed by atoms with E-state index in [1.165, 1.54) is 0 Å². The highest BCUT2D eigenvalue weighted by Gasteiger charge is 2.35. The summed E-state index contributed by atoms with van der Waals surface area (Å²) in [6, 6.07) is 0. The van der Waals surface area contributed by atoms with Gasteiger partial charge in [-0.15, -0.1) is 0 Å². The molecular formula is C10H20O3. The van der Waals surface area contributed by atoms with Crippen LogP contribution in [0.4, 0.5) is 0 Å². The summed E-state index contributed by atoms with van der Waals surface area (Å²) in [5.74, 6) is 1.38. The van der Waals surface area contributed by atoms with Crippen LogP contribution >= 0.6 is 0 Å². The summed E-state index contributed by atoms with van der Waals surface area (Å²) < 4.78 is 5.39. The topological polar surface area (TPSA) is 49.7 Å². The second-order valence-electron chi connectivity index (χ2n) is 4.18. The lowest BCUT2D eigenvalue weighted by Crippen LogP contribution is -2.28. The van der Waals surface area contributed by atoms with E-state index in [1.54, 1.807) is 0 Å². The van der Waals surface area contributed by atoms with E-state index >= 15 is 0 Å². The van der Waals surface area contributed by atoms with Gasteiger partial charge in [0.1, 0.15) is 0 Å². The summed E-state index contributed by atoms with van der Waals surface area (Å²) in [6.45, 7) is 5.96. The zero-order chi connectivity index (χ0) is 9.84. The normalized spacial score (nSPS) is 33.2. The minimum atomic E-state index is 0.211. The Kier molecular flexibility index (Phi) is 4.16. The van der Waals surface area contributed by atoms with E-state index in [1.807, 2.05) is 13.8 Å². The molecule has 3 nitrogen and oxygen atoms in total. The highest BCUT2D eigenvalue weighted by Crippen LogP contribution is 2.32. The zero-order valence-electron chi connectivity index (χ0n) is 8.44. The highest BCUT2D eigenvalue weighted by atomic mass is 16.5. The minimum Gasteiger partial charge on any atom is -0.396 e. The first-order valence-electron chi connectivity index (χ1n) is 5.00. The monoisotopic (exact) mass is 188 g/mol. The Hall–Kier alpha value is -0.120. The molecule has 1 saturated heterocycles. The van der Waals surface area contributed by atoms with Crippen molar-refractivity contribution >= 4 is 0 Å². The first kappa shape index (κ1) is 11.0. The fourth-order valence-corrected chi connectivity index (χ4v) is 2.03. The lowest BCUT2D eigenvalue weighted by molar-refractivity contribution is 0.120. The molecule has 0 spiro atoms. The van der Waals surface area contributed by atoms with Crippen molar-refractivity contribution in [2.24, 2.45) is 23.7 Å². The van der Waals surface area contributed by atoms with Gasteiger partial charge in [0.25, 0.3) is 0 Å². The summed E-state index contributed by atoms with van der Waals surface area (Å²) in [5.41, 5.74) is 0. The Morgan fingerprint density at radius 3 is 1.77 bits per heavy atom. The van der Waals surface area contributed by atoms with Gasteiger partial charge < -0.3 is 14.9 Å². The average Bonchev–Trinajstić information content (AvgIpc) is 2.63. The molecular weight excluding hydrogens is 168 g/mol. The van der Waals surface area contributed by atoms with E-state index in [0.29, 0.717) is 11.8 Å². The molecule has 1 fully saturated rings. The first-order chi connectivity index (χ1) is 6.20. The second-order valence-corrected chi connectivity index (χ2v) is 4.18. The predicted octanol–water partition coefficient (Wildman–Crippen LogP) is 0.506. The van der Waals surface area contributed by atoms with Crippen LogP contribution in [0.25, 0.3) is 0 Å². The Morgan fingerprint density at radius 2 is 1.46 bits per heavy atom. The highest BCUT2D eigenvalue weighted by molar-refractivity contribution is 4.82. The van der Waals surface area contributed by atoms with Gasteiger partial charge in [0.2, 0.25) is 0 Å². The van der Waals surface area contributed by atoms with Gasteiger partial charge in [-0.2, -0.15) is 0 Å². The van der Waals surface area contributed by atoms with Gasteiger partial charge >= 0.3 is 0 Å². The molecule has 1 rings (SSSR count). The van der Waals surface area contributed by atoms with Crippen molar-refractivity contribution in [3.63, 3.8) is 0 Å². The van der Waals surface area contributed by atoms with Crippen LogP contribution in [0.15, 0.2) is 0 Å². The summed E-state index contributed by atoms with van der Waals surface area (Å²) >= 11 is 0. The SMILES string of the molecule is CC(CO)[C@H]1COC[C@H]1C(C)CO. The van der Waals surface area contributed by atoms with E-state index in [-0.39, 0.29) is 25.0 Å². The number of ether oxygens (including phenoxy) is 1. The van der Waals surface area contributed by atoms with Gasteiger partial charge in [-0.3, -0.25) is 0 Å². The molecule has 1 aliphatic rings. The van der Waals surface area contributed by atoms with E-state index in [4.69, 9.17) is 14.9 Å². The molecule has 0 bridgehead atoms. The molecule has 0 radical (unpaired) electrons. The van der Waals surface area contributed by atoms with E-state index in [2.05, 4.69) is 0 Å². The number of hydrogen-bond donors (Lipinski definition) is 2. The maximum Gasteiger partial charge on any atom is 0.0501 e. The largest absolute Gasteiger partial charge is 0.396 e. The predicted molar refractivity (Wildman–Crippen MR) is 50.3 cm³/mol. The molecule has 0 saturated carbocycles. The smallest absolute Gasteiger partial charge is 0.0501 e. The molecule has 4 atom stereocenters. The molecule has 0 aromatic heterocycles. The van der Waals surface area contributed by atoms with Crippen molar-refractivity contribution in [1.82, 2.24) is 0 Å². The first-order valence-corrected chi connectivity index (χ1v) is 5.00. The summed E-state index contributed by atoms with van der Waals surface area (Å²) in [4.78, 5) is 0. The third-order valence-electron chi connectivity index (χ3n) is 3.21. The van der Waals surface area contributed by atoms with Gasteiger partial charge in [-0.1, -0.05) is 13.8 Å². The van der Waals surface area contributed by atoms with Crippen LogP contribution < -0.4 is 0 Å². The summed E-state index contributed by atoms with van der Waals surface area (Å²) in [5, 5.41) is 18.1. The van der Waals surface area contributed by atoms with Gasteiger partial charge in [0.05, 0.1) is 13.2 Å². The Morgan fingerprint density at radius 1 is 1.08 bits per heavy atom. The Balaban J connectivity index is 2.52. The van der Waals surface area contributed by atoms with Crippen LogP contribution in [0.3, 0.4) is 0 Å². The average molecular weight is 188 g/mol. The van der Waals surface area contributed by atoms with Crippen LogP contribution in [0, 0.1) is 23.7 Å². The molecule has 0 aromatic rings. The third kappa shape index (κ3) is 2.42. The van der Waals surface area contributed by atoms with Crippen molar-refractivity contribution in [3.8, 4) is 0 Å². The van der Waals surface area contributed by atoms with E-state index in [0.717, 1.165) is 13.2 Å². The van der Waals surface area contributed by atoms with Crippen molar-refractivity contribution in [3.05, 3.63) is 0 Å². The molecule has 0 amide bonds. The quantitative estimate of drug-likeness (QED) is 0.675. The van der Waals surface area contributed by atoms with Crippen molar-refractivity contribution < 1.29 is 14.9 Å². The lowest BCUT2D eigenvalue weighted by atomic mass is 9.79. The minimum absolute atomic E-state index is 0.211. The Bertz CT molecular complexity index is 133. The maximum atomic E-state index is 9.05. The van der Waals surface area contributed by atoms with Gasteiger partial charge in [-0.05, 0) is 23.7 Å². The molecule has 1 heterocycles. The van der Waals surface area contributed by atoms with E-state index < -0.39 is 0 Å². The number of rotatable bonds is 4. The van der Waals surface area contributed by atoms with Crippen LogP contribution in [-0.4, -0.2) is 36.6 Å². The van der Waals surface area contributed by atoms with Crippen LogP contribution in [0.5, 0.6) is 0 Å². The lowest BCUT2D eigenvalue weighted by Gasteiger charge is -2.26. The fourth-order valence-electron chi connectivity index (χ4n) is 2.03. The maximum absolute atomic E-state index is 9.05. The van der Waals surface area contributed by atoms with Crippen LogP contribution in [0.1, 0.15) is 13.8 Å². The zero-order valence-corrected chi connectivity index (χ0v) is 8.44. The molecule has 2 N–H and O–H groups in total. The van der Waals surface area contributed by atoms with Crippen molar-refractivity contribution in [2.45, 2.75) is 13.8 Å². The number of aliphatic hydroxyl groups excluding tert-OH is 2. The van der Waals surface area contributed by atoms with Gasteiger partial charge in [0, 0.05) is 13.2 Å². The fraction of sp³-hybridized carbons (Fsp3) is 1.00. The second kappa shape index (κ2) is 4.94. The molecule has 78 valence electrons. The summed E-state index contributed by atoms with van der Waals surface area (Å²) in [7, 11) is 0. The van der Waals surface area contributed by atoms with Crippen LogP contribution in [-0.2, 0) is 4.74 Å². The number of hydrogen-bond acceptors (Lipinski definition) is 3. The van der Waals surface area contributed by atoms with E-state index in [9.17, 15) is 0 Å². The molecule has 3 heteroatoms. The Labute approximate surface area is 79.7 Å². The standard InChI is InChI=1S/C10H20O3/c1-7(3-11)9-5-13-6-10(9)8(2)4-12/h7-12H,3-6H2,1-2H3/t7?,8?,9-,10+. The van der Waals surface area contributed by atoms with Crippen LogP contribution in [0.2, 0.25) is 0 Å².